The molecule has 3 atom stereocenters. The van der Waals surface area contributed by atoms with Gasteiger partial charge in [-0.25, -0.2) is 0 Å². The molecule has 7 nitrogen and oxygen atoms in total. The fraction of sp³-hybridized carbons (Fsp3) is 0.379. The molecule has 188 valence electrons. The topological polar surface area (TPSA) is 129 Å². The number of carbonyl (C=O) groups excluding carboxylic acids is 4. The van der Waals surface area contributed by atoms with Gasteiger partial charge in [-0.1, -0.05) is 30.3 Å². The Bertz CT molecular complexity index is 1270. The lowest BCUT2D eigenvalue weighted by Gasteiger charge is -2.39. The normalized spacial score (nSPS) is 21.1. The fourth-order valence-corrected chi connectivity index (χ4v) is 5.77. The molecule has 7 heteroatoms. The Morgan fingerprint density at radius 1 is 0.972 bits per heavy atom. The molecule has 2 aliphatic rings. The molecular formula is C29H30O7. The Morgan fingerprint density at radius 3 is 2.28 bits per heavy atom. The number of phenols is 1. The van der Waals surface area contributed by atoms with Crippen LogP contribution in [0.2, 0.25) is 0 Å². The van der Waals surface area contributed by atoms with E-state index in [-0.39, 0.29) is 59.6 Å². The van der Waals surface area contributed by atoms with Gasteiger partial charge in [0.15, 0.2) is 11.6 Å². The van der Waals surface area contributed by atoms with Gasteiger partial charge in [0.2, 0.25) is 0 Å². The van der Waals surface area contributed by atoms with Crippen LogP contribution in [0.15, 0.2) is 42.0 Å². The highest BCUT2D eigenvalue weighted by molar-refractivity contribution is 6.17. The molecule has 0 radical (unpaired) electrons. The van der Waals surface area contributed by atoms with E-state index in [0.717, 1.165) is 16.7 Å². The summed E-state index contributed by atoms with van der Waals surface area (Å²) in [5.74, 6) is -3.74. The van der Waals surface area contributed by atoms with E-state index < -0.39 is 23.4 Å². The molecule has 2 aromatic rings. The van der Waals surface area contributed by atoms with Gasteiger partial charge in [0.05, 0.1) is 17.9 Å². The summed E-state index contributed by atoms with van der Waals surface area (Å²) in [4.78, 5) is 49.4. The first kappa shape index (κ1) is 25.5. The third kappa shape index (κ3) is 4.75. The van der Waals surface area contributed by atoms with E-state index >= 15 is 0 Å². The number of allylic oxidation sites excluding steroid dienone is 1. The molecule has 0 heterocycles. The number of hydrogen-bond acceptors (Lipinski definition) is 7. The molecule has 2 aromatic carbocycles. The Morgan fingerprint density at radius 2 is 1.67 bits per heavy atom. The van der Waals surface area contributed by atoms with Gasteiger partial charge in [-0.3, -0.25) is 19.2 Å². The quantitative estimate of drug-likeness (QED) is 0.481. The van der Waals surface area contributed by atoms with E-state index in [0.29, 0.717) is 24.8 Å². The van der Waals surface area contributed by atoms with Gasteiger partial charge < -0.3 is 15.3 Å². The zero-order valence-electron chi connectivity index (χ0n) is 20.4. The number of phenolic OH excluding ortho intramolecular Hbond substituents is 1. The minimum absolute atomic E-state index is 0.0619. The van der Waals surface area contributed by atoms with Crippen LogP contribution >= 0.6 is 0 Å². The molecule has 3 N–H and O–H groups in total. The lowest BCUT2D eigenvalue weighted by molar-refractivity contribution is -0.137. The molecule has 0 spiro atoms. The van der Waals surface area contributed by atoms with Gasteiger partial charge in [0, 0.05) is 18.6 Å². The average molecular weight is 491 g/mol. The number of carbonyl (C=O) groups is 4. The number of fused-ring (bicyclic) bond motifs is 2. The number of hydrogen-bond donors (Lipinski definition) is 3. The molecule has 36 heavy (non-hydrogen) atoms. The van der Waals surface area contributed by atoms with Crippen molar-refractivity contribution in [1.29, 1.82) is 0 Å². The monoisotopic (exact) mass is 490 g/mol. The number of rotatable bonds is 8. The second kappa shape index (κ2) is 10.2. The minimum Gasteiger partial charge on any atom is -0.507 e. The molecule has 0 saturated heterocycles. The van der Waals surface area contributed by atoms with Crippen LogP contribution in [-0.4, -0.2) is 45.1 Å². The van der Waals surface area contributed by atoms with Crippen LogP contribution in [0.4, 0.5) is 0 Å². The van der Waals surface area contributed by atoms with E-state index in [1.165, 1.54) is 19.9 Å². The molecule has 3 unspecified atom stereocenters. The number of aliphatic hydroxyl groups excluding tert-OH is 2. The fourth-order valence-electron chi connectivity index (χ4n) is 5.77. The first-order valence-corrected chi connectivity index (χ1v) is 12.2. The van der Waals surface area contributed by atoms with Crippen LogP contribution in [-0.2, 0) is 32.0 Å². The van der Waals surface area contributed by atoms with Gasteiger partial charge in [-0.15, -0.1) is 0 Å². The number of Topliss-reactive ketones (excluding diaryl/α,β-unsaturated/α-hetero) is 4. The Labute approximate surface area is 209 Å². The van der Waals surface area contributed by atoms with Crippen molar-refractivity contribution in [3.63, 3.8) is 0 Å². The predicted octanol–water partition coefficient (Wildman–Crippen LogP) is 3.77. The van der Waals surface area contributed by atoms with Crippen molar-refractivity contribution < 1.29 is 34.5 Å². The first-order chi connectivity index (χ1) is 17.1. The van der Waals surface area contributed by atoms with E-state index in [9.17, 15) is 34.5 Å². The van der Waals surface area contributed by atoms with Crippen molar-refractivity contribution in [2.75, 3.05) is 6.61 Å². The van der Waals surface area contributed by atoms with Gasteiger partial charge in [-0.05, 0) is 73.3 Å². The Hall–Kier alpha value is -3.58. The summed E-state index contributed by atoms with van der Waals surface area (Å²) in [7, 11) is 0. The standard InChI is InChI=1S/C29H30O7/c1-15(31)11-17-3-5-18(6-4-17)21-7-8-23(33)27-22(21)14-20-13-19(9-10-30)25(24(34)12-16(2)32)28(35)26(20)29(27)36/h3-8,19-20,25,30,33,36H,9-14H2,1-2H3. The van der Waals surface area contributed by atoms with Crippen molar-refractivity contribution in [3.05, 3.63) is 58.7 Å². The maximum atomic E-state index is 13.5. The molecule has 0 aromatic heterocycles. The Kier molecular flexibility index (Phi) is 7.22. The van der Waals surface area contributed by atoms with Crippen LogP contribution in [0, 0.1) is 17.8 Å². The van der Waals surface area contributed by atoms with Crippen LogP contribution in [0.5, 0.6) is 5.75 Å². The summed E-state index contributed by atoms with van der Waals surface area (Å²) < 4.78 is 0. The molecule has 0 aliphatic heterocycles. The lowest BCUT2D eigenvalue weighted by Crippen LogP contribution is -2.43. The molecule has 1 saturated carbocycles. The maximum absolute atomic E-state index is 13.5. The number of benzene rings is 2. The number of aliphatic hydroxyl groups is 2. The molecule has 0 amide bonds. The van der Waals surface area contributed by atoms with Gasteiger partial charge in [0.1, 0.15) is 23.1 Å². The number of ketones is 4. The smallest absolute Gasteiger partial charge is 0.173 e. The third-order valence-electron chi connectivity index (χ3n) is 7.24. The second-order valence-electron chi connectivity index (χ2n) is 9.92. The summed E-state index contributed by atoms with van der Waals surface area (Å²) in [6, 6.07) is 10.7. The SMILES string of the molecule is CC(=O)CC(=O)C1C(=O)C2=C(O)c3c(O)ccc(-c4ccc(CC(C)=O)cc4)c3CC2CC1CCO. The molecular weight excluding hydrogens is 460 g/mol. The van der Waals surface area contributed by atoms with Crippen molar-refractivity contribution in [3.8, 4) is 16.9 Å². The molecule has 2 aliphatic carbocycles. The lowest BCUT2D eigenvalue weighted by atomic mass is 9.63. The van der Waals surface area contributed by atoms with E-state index in [1.54, 1.807) is 6.07 Å². The highest BCUT2D eigenvalue weighted by Gasteiger charge is 2.47. The van der Waals surface area contributed by atoms with Crippen LogP contribution in [0.1, 0.15) is 49.8 Å². The van der Waals surface area contributed by atoms with E-state index in [4.69, 9.17) is 0 Å². The summed E-state index contributed by atoms with van der Waals surface area (Å²) in [5.41, 5.74) is 3.52. The van der Waals surface area contributed by atoms with Crippen molar-refractivity contribution in [2.45, 2.75) is 46.0 Å². The third-order valence-corrected chi connectivity index (χ3v) is 7.24. The zero-order chi connectivity index (χ0) is 26.1. The van der Waals surface area contributed by atoms with Gasteiger partial charge >= 0.3 is 0 Å². The average Bonchev–Trinajstić information content (AvgIpc) is 2.79. The summed E-state index contributed by atoms with van der Waals surface area (Å²) in [5, 5.41) is 31.5. The van der Waals surface area contributed by atoms with Crippen molar-refractivity contribution in [1.82, 2.24) is 0 Å². The summed E-state index contributed by atoms with van der Waals surface area (Å²) in [6.45, 7) is 2.62. The molecule has 1 fully saturated rings. The van der Waals surface area contributed by atoms with E-state index in [1.807, 2.05) is 24.3 Å². The van der Waals surface area contributed by atoms with Crippen LogP contribution in [0.3, 0.4) is 0 Å². The largest absolute Gasteiger partial charge is 0.507 e. The molecule has 0 bridgehead atoms. The summed E-state index contributed by atoms with van der Waals surface area (Å²) >= 11 is 0. The molecule has 4 rings (SSSR count). The van der Waals surface area contributed by atoms with E-state index in [2.05, 4.69) is 0 Å². The van der Waals surface area contributed by atoms with Crippen LogP contribution in [0.25, 0.3) is 16.9 Å². The number of aromatic hydroxyl groups is 1. The zero-order valence-corrected chi connectivity index (χ0v) is 20.4. The maximum Gasteiger partial charge on any atom is 0.173 e. The summed E-state index contributed by atoms with van der Waals surface area (Å²) in [6.07, 6.45) is 0.965. The first-order valence-electron chi connectivity index (χ1n) is 12.2. The van der Waals surface area contributed by atoms with Gasteiger partial charge in [0.25, 0.3) is 0 Å². The second-order valence-corrected chi connectivity index (χ2v) is 9.92. The Balaban J connectivity index is 1.79. The van der Waals surface area contributed by atoms with Crippen molar-refractivity contribution in [2.24, 2.45) is 17.8 Å². The highest BCUT2D eigenvalue weighted by Crippen LogP contribution is 2.49. The van der Waals surface area contributed by atoms with Gasteiger partial charge in [-0.2, -0.15) is 0 Å². The highest BCUT2D eigenvalue weighted by atomic mass is 16.3. The predicted molar refractivity (Wildman–Crippen MR) is 133 cm³/mol. The minimum atomic E-state index is -1.10. The van der Waals surface area contributed by atoms with Crippen LogP contribution < -0.4 is 0 Å². The van der Waals surface area contributed by atoms with Crippen molar-refractivity contribution >= 4 is 28.9 Å².